The Morgan fingerprint density at radius 2 is 2.29 bits per heavy atom. The highest BCUT2D eigenvalue weighted by molar-refractivity contribution is 5.60. The molecule has 1 aromatic rings. The molecule has 112 valence electrons. The molecular weight excluding hydrogens is 266 g/mol. The Morgan fingerprint density at radius 1 is 1.43 bits per heavy atom. The summed E-state index contributed by atoms with van der Waals surface area (Å²) in [6, 6.07) is 4.16. The summed E-state index contributed by atoms with van der Waals surface area (Å²) in [5.74, 6) is 1.68. The number of hydrogen-bond acceptors (Lipinski definition) is 4. The number of methoxy groups -OCH3 is 1. The molecule has 4 nitrogen and oxygen atoms in total. The number of nitrogens with zero attached hydrogens (tertiary/aromatic N) is 1. The minimum Gasteiger partial charge on any atom is -0.493 e. The van der Waals surface area contributed by atoms with Crippen LogP contribution in [0.4, 0.5) is 0 Å². The largest absolute Gasteiger partial charge is 0.493 e. The molecule has 1 aliphatic carbocycles. The molecule has 3 aliphatic rings. The summed E-state index contributed by atoms with van der Waals surface area (Å²) in [7, 11) is 3.84. The SMILES string of the molecule is COc1ccc2c3c1O[C@@H]1C[C@@H](O)C=C[C@]31CCN(C)C2. The summed E-state index contributed by atoms with van der Waals surface area (Å²) in [5.41, 5.74) is 2.48. The van der Waals surface area contributed by atoms with Crippen LogP contribution in [0, 0.1) is 0 Å². The lowest BCUT2D eigenvalue weighted by Crippen LogP contribution is -2.42. The highest BCUT2D eigenvalue weighted by Crippen LogP contribution is 2.55. The fourth-order valence-corrected chi connectivity index (χ4v) is 4.08. The lowest BCUT2D eigenvalue weighted by molar-refractivity contribution is 0.0821. The van der Waals surface area contributed by atoms with Crippen molar-refractivity contribution in [1.29, 1.82) is 0 Å². The third-order valence-electron chi connectivity index (χ3n) is 5.15. The molecule has 0 fully saturated rings. The Kier molecular flexibility index (Phi) is 2.81. The molecule has 0 unspecified atom stereocenters. The van der Waals surface area contributed by atoms with Crippen LogP contribution in [0.25, 0.3) is 0 Å². The van der Waals surface area contributed by atoms with Crippen molar-refractivity contribution in [1.82, 2.24) is 4.90 Å². The predicted molar refractivity (Wildman–Crippen MR) is 79.8 cm³/mol. The van der Waals surface area contributed by atoms with Crippen LogP contribution < -0.4 is 9.47 Å². The molecule has 0 saturated heterocycles. The van der Waals surface area contributed by atoms with Gasteiger partial charge >= 0.3 is 0 Å². The van der Waals surface area contributed by atoms with Crippen molar-refractivity contribution in [2.24, 2.45) is 0 Å². The molecule has 4 rings (SSSR count). The van der Waals surface area contributed by atoms with Gasteiger partial charge in [0.25, 0.3) is 0 Å². The first-order chi connectivity index (χ1) is 10.1. The Bertz CT molecular complexity index is 612. The molecule has 0 aromatic heterocycles. The van der Waals surface area contributed by atoms with E-state index in [0.29, 0.717) is 6.42 Å². The van der Waals surface area contributed by atoms with E-state index in [9.17, 15) is 5.11 Å². The summed E-state index contributed by atoms with van der Waals surface area (Å²) >= 11 is 0. The van der Waals surface area contributed by atoms with E-state index < -0.39 is 6.10 Å². The number of ether oxygens (including phenoxy) is 2. The Balaban J connectivity index is 1.95. The van der Waals surface area contributed by atoms with Crippen molar-refractivity contribution in [2.45, 2.75) is 37.0 Å². The van der Waals surface area contributed by atoms with Gasteiger partial charge in [-0.3, -0.25) is 0 Å². The van der Waals surface area contributed by atoms with Gasteiger partial charge < -0.3 is 19.5 Å². The molecule has 21 heavy (non-hydrogen) atoms. The second kappa shape index (κ2) is 4.49. The van der Waals surface area contributed by atoms with E-state index in [1.54, 1.807) is 7.11 Å². The summed E-state index contributed by atoms with van der Waals surface area (Å²) < 4.78 is 11.8. The van der Waals surface area contributed by atoms with Gasteiger partial charge in [-0.25, -0.2) is 0 Å². The number of hydrogen-bond donors (Lipinski definition) is 1. The summed E-state index contributed by atoms with van der Waals surface area (Å²) in [6.45, 7) is 1.96. The average molecular weight is 287 g/mol. The van der Waals surface area contributed by atoms with Gasteiger partial charge in [0.2, 0.25) is 0 Å². The molecular formula is C17H21NO3. The Hall–Kier alpha value is -1.52. The van der Waals surface area contributed by atoms with E-state index in [4.69, 9.17) is 9.47 Å². The molecule has 3 atom stereocenters. The van der Waals surface area contributed by atoms with Crippen molar-refractivity contribution in [3.8, 4) is 11.5 Å². The molecule has 1 aromatic carbocycles. The van der Waals surface area contributed by atoms with Crippen LogP contribution in [-0.4, -0.2) is 42.9 Å². The minimum absolute atomic E-state index is 0.00838. The van der Waals surface area contributed by atoms with Gasteiger partial charge in [-0.05, 0) is 31.6 Å². The maximum absolute atomic E-state index is 9.97. The molecule has 0 bridgehead atoms. The molecule has 0 amide bonds. The van der Waals surface area contributed by atoms with E-state index in [2.05, 4.69) is 24.1 Å². The summed E-state index contributed by atoms with van der Waals surface area (Å²) in [5, 5.41) is 9.97. The minimum atomic E-state index is -0.412. The third-order valence-corrected chi connectivity index (χ3v) is 5.15. The van der Waals surface area contributed by atoms with E-state index >= 15 is 0 Å². The van der Waals surface area contributed by atoms with E-state index in [-0.39, 0.29) is 11.5 Å². The lowest BCUT2D eigenvalue weighted by atomic mass is 9.69. The zero-order valence-corrected chi connectivity index (χ0v) is 12.5. The highest BCUT2D eigenvalue weighted by Gasteiger charge is 2.52. The topological polar surface area (TPSA) is 41.9 Å². The molecule has 0 radical (unpaired) electrons. The van der Waals surface area contributed by atoms with Gasteiger partial charge in [0.05, 0.1) is 18.6 Å². The Morgan fingerprint density at radius 3 is 3.10 bits per heavy atom. The lowest BCUT2D eigenvalue weighted by Gasteiger charge is -2.35. The van der Waals surface area contributed by atoms with Crippen LogP contribution in [0.5, 0.6) is 11.5 Å². The van der Waals surface area contributed by atoms with Crippen LogP contribution in [0.15, 0.2) is 24.3 Å². The van der Waals surface area contributed by atoms with Crippen LogP contribution in [0.2, 0.25) is 0 Å². The van der Waals surface area contributed by atoms with Gasteiger partial charge in [0.15, 0.2) is 11.5 Å². The first-order valence-electron chi connectivity index (χ1n) is 7.57. The van der Waals surface area contributed by atoms with Crippen LogP contribution in [-0.2, 0) is 12.0 Å². The zero-order chi connectivity index (χ0) is 14.6. The molecule has 2 aliphatic heterocycles. The maximum atomic E-state index is 9.97. The van der Waals surface area contributed by atoms with Gasteiger partial charge in [-0.1, -0.05) is 18.2 Å². The second-order valence-electron chi connectivity index (χ2n) is 6.43. The first-order valence-corrected chi connectivity index (χ1v) is 7.57. The molecule has 1 spiro atoms. The number of rotatable bonds is 1. The van der Waals surface area contributed by atoms with Crippen LogP contribution >= 0.6 is 0 Å². The first kappa shape index (κ1) is 13.2. The van der Waals surface area contributed by atoms with Crippen molar-refractivity contribution in [3.63, 3.8) is 0 Å². The maximum Gasteiger partial charge on any atom is 0.166 e. The summed E-state index contributed by atoms with van der Waals surface area (Å²) in [4.78, 5) is 2.35. The van der Waals surface area contributed by atoms with Gasteiger partial charge in [-0.15, -0.1) is 0 Å². The van der Waals surface area contributed by atoms with Crippen molar-refractivity contribution < 1.29 is 14.6 Å². The Labute approximate surface area is 125 Å². The number of aliphatic hydroxyl groups excluding tert-OH is 1. The van der Waals surface area contributed by atoms with Crippen molar-refractivity contribution in [2.75, 3.05) is 20.7 Å². The second-order valence-corrected chi connectivity index (χ2v) is 6.43. The van der Waals surface area contributed by atoms with E-state index in [0.717, 1.165) is 31.0 Å². The van der Waals surface area contributed by atoms with Gasteiger partial charge in [-0.2, -0.15) is 0 Å². The normalized spacial score (nSPS) is 33.9. The third kappa shape index (κ3) is 1.75. The molecule has 1 N–H and O–H groups in total. The molecule has 2 heterocycles. The predicted octanol–water partition coefficient (Wildman–Crippen LogP) is 1.85. The number of aliphatic hydroxyl groups is 1. The number of benzene rings is 1. The fraction of sp³-hybridized carbons (Fsp3) is 0.529. The quantitative estimate of drug-likeness (QED) is 0.801. The van der Waals surface area contributed by atoms with Crippen LogP contribution in [0.3, 0.4) is 0 Å². The summed E-state index contributed by atoms with van der Waals surface area (Å²) in [6.07, 6.45) is 5.38. The highest BCUT2D eigenvalue weighted by atomic mass is 16.5. The van der Waals surface area contributed by atoms with E-state index in [1.807, 2.05) is 12.1 Å². The van der Waals surface area contributed by atoms with Gasteiger partial charge in [0.1, 0.15) is 6.10 Å². The van der Waals surface area contributed by atoms with Crippen molar-refractivity contribution >= 4 is 0 Å². The fourth-order valence-electron chi connectivity index (χ4n) is 4.08. The molecule has 0 saturated carbocycles. The standard InChI is InChI=1S/C17H21NO3/c1-18-8-7-17-6-5-12(19)9-14(17)21-16-13(20-2)4-3-11(10-18)15(16)17/h3-6,12,14,19H,7-10H2,1-2H3/t12-,14+,17+/m0/s1. The molecule has 4 heteroatoms. The van der Waals surface area contributed by atoms with Crippen molar-refractivity contribution in [3.05, 3.63) is 35.4 Å². The zero-order valence-electron chi connectivity index (χ0n) is 12.5. The smallest absolute Gasteiger partial charge is 0.166 e. The van der Waals surface area contributed by atoms with Crippen LogP contribution in [0.1, 0.15) is 24.0 Å². The van der Waals surface area contributed by atoms with Gasteiger partial charge in [0, 0.05) is 18.5 Å². The average Bonchev–Trinajstić information content (AvgIpc) is 2.72. The van der Waals surface area contributed by atoms with E-state index in [1.165, 1.54) is 11.1 Å². The monoisotopic (exact) mass is 287 g/mol.